The van der Waals surface area contributed by atoms with Crippen molar-refractivity contribution in [3.63, 3.8) is 0 Å². The Kier molecular flexibility index (Phi) is 7.55. The fraction of sp³-hybridized carbons (Fsp3) is 0.588. The lowest BCUT2D eigenvalue weighted by Gasteiger charge is -2.23. The van der Waals surface area contributed by atoms with Crippen molar-refractivity contribution in [2.75, 3.05) is 33.5 Å². The molecule has 6 heteroatoms. The molecule has 0 fully saturated rings. The van der Waals surface area contributed by atoms with Crippen LogP contribution in [0.4, 0.5) is 0 Å². The molecule has 0 aromatic heterocycles. The van der Waals surface area contributed by atoms with Gasteiger partial charge in [0.2, 0.25) is 0 Å². The standard InChI is InChI=1S/C17H29N3O2S/c1-17(2,3)23(21)12-11-19-16(18-4)20(5)13-14-7-9-15(22-6)10-8-14/h7-10H,11-13H2,1-6H3,(H,18,19). The van der Waals surface area contributed by atoms with Gasteiger partial charge in [0, 0.05) is 48.5 Å². The average molecular weight is 340 g/mol. The summed E-state index contributed by atoms with van der Waals surface area (Å²) in [7, 11) is 4.54. The first-order valence-electron chi connectivity index (χ1n) is 7.71. The van der Waals surface area contributed by atoms with Crippen LogP contribution < -0.4 is 10.1 Å². The summed E-state index contributed by atoms with van der Waals surface area (Å²) >= 11 is 0. The molecule has 0 aliphatic carbocycles. The Hall–Kier alpha value is -1.56. The third kappa shape index (κ3) is 6.60. The van der Waals surface area contributed by atoms with Crippen molar-refractivity contribution in [1.82, 2.24) is 10.2 Å². The first-order chi connectivity index (χ1) is 10.8. The molecule has 1 unspecified atom stereocenters. The van der Waals surface area contributed by atoms with E-state index in [9.17, 15) is 4.21 Å². The van der Waals surface area contributed by atoms with Crippen LogP contribution in [0.2, 0.25) is 0 Å². The Morgan fingerprint density at radius 2 is 1.91 bits per heavy atom. The maximum Gasteiger partial charge on any atom is 0.193 e. The number of rotatable bonds is 6. The highest BCUT2D eigenvalue weighted by atomic mass is 32.2. The van der Waals surface area contributed by atoms with E-state index in [4.69, 9.17) is 4.74 Å². The molecule has 23 heavy (non-hydrogen) atoms. The molecule has 0 saturated heterocycles. The molecule has 0 amide bonds. The lowest BCUT2D eigenvalue weighted by atomic mass is 10.2. The van der Waals surface area contributed by atoms with Crippen molar-refractivity contribution in [3.05, 3.63) is 29.8 Å². The highest BCUT2D eigenvalue weighted by Gasteiger charge is 2.19. The van der Waals surface area contributed by atoms with Crippen molar-refractivity contribution < 1.29 is 8.95 Å². The summed E-state index contributed by atoms with van der Waals surface area (Å²) in [5.41, 5.74) is 1.18. The number of benzene rings is 1. The average Bonchev–Trinajstić information content (AvgIpc) is 2.51. The molecule has 0 heterocycles. The second-order valence-corrected chi connectivity index (χ2v) is 8.66. The van der Waals surface area contributed by atoms with Crippen LogP contribution >= 0.6 is 0 Å². The van der Waals surface area contributed by atoms with Gasteiger partial charge in [0.05, 0.1) is 7.11 Å². The van der Waals surface area contributed by atoms with Gasteiger partial charge in [0.1, 0.15) is 5.75 Å². The third-order valence-corrected chi connectivity index (χ3v) is 5.35. The highest BCUT2D eigenvalue weighted by molar-refractivity contribution is 7.86. The molecule has 1 rings (SSSR count). The second-order valence-electron chi connectivity index (χ2n) is 6.34. The van der Waals surface area contributed by atoms with Gasteiger partial charge in [-0.15, -0.1) is 0 Å². The van der Waals surface area contributed by atoms with E-state index in [-0.39, 0.29) is 4.75 Å². The van der Waals surface area contributed by atoms with Crippen LogP contribution in [0.5, 0.6) is 5.75 Å². The zero-order valence-electron chi connectivity index (χ0n) is 15.0. The van der Waals surface area contributed by atoms with Gasteiger partial charge in [-0.25, -0.2) is 0 Å². The van der Waals surface area contributed by atoms with Crippen LogP contribution in [0.15, 0.2) is 29.3 Å². The minimum Gasteiger partial charge on any atom is -0.497 e. The van der Waals surface area contributed by atoms with Gasteiger partial charge in [0.25, 0.3) is 0 Å². The predicted molar refractivity (Wildman–Crippen MR) is 98.6 cm³/mol. The van der Waals surface area contributed by atoms with Gasteiger partial charge >= 0.3 is 0 Å². The Morgan fingerprint density at radius 1 is 1.30 bits per heavy atom. The quantitative estimate of drug-likeness (QED) is 0.638. The molecular formula is C17H29N3O2S. The summed E-state index contributed by atoms with van der Waals surface area (Å²) in [6.45, 7) is 7.37. The van der Waals surface area contributed by atoms with Crippen molar-refractivity contribution >= 4 is 16.8 Å². The minimum atomic E-state index is -0.861. The third-order valence-electron chi connectivity index (χ3n) is 3.41. The SMILES string of the molecule is CN=C(NCCS(=O)C(C)(C)C)N(C)Cc1ccc(OC)cc1. The van der Waals surface area contributed by atoms with E-state index in [1.807, 2.05) is 57.0 Å². The van der Waals surface area contributed by atoms with E-state index >= 15 is 0 Å². The van der Waals surface area contributed by atoms with E-state index in [0.717, 1.165) is 18.3 Å². The first-order valence-corrected chi connectivity index (χ1v) is 9.03. The molecule has 0 radical (unpaired) electrons. The fourth-order valence-electron chi connectivity index (χ4n) is 2.03. The smallest absolute Gasteiger partial charge is 0.193 e. The van der Waals surface area contributed by atoms with Crippen LogP contribution in [-0.4, -0.2) is 53.3 Å². The first kappa shape index (κ1) is 19.5. The number of nitrogens with zero attached hydrogens (tertiary/aromatic N) is 2. The zero-order valence-corrected chi connectivity index (χ0v) is 15.9. The molecule has 5 nitrogen and oxygen atoms in total. The van der Waals surface area contributed by atoms with Crippen LogP contribution in [-0.2, 0) is 17.3 Å². The van der Waals surface area contributed by atoms with Gasteiger partial charge in [-0.05, 0) is 38.5 Å². The van der Waals surface area contributed by atoms with Crippen LogP contribution in [0.1, 0.15) is 26.3 Å². The second kappa shape index (κ2) is 8.91. The van der Waals surface area contributed by atoms with Crippen molar-refractivity contribution in [3.8, 4) is 5.75 Å². The minimum absolute atomic E-state index is 0.180. The summed E-state index contributed by atoms with van der Waals surface area (Å²) in [4.78, 5) is 6.33. The summed E-state index contributed by atoms with van der Waals surface area (Å²) in [6.07, 6.45) is 0. The largest absolute Gasteiger partial charge is 0.497 e. The van der Waals surface area contributed by atoms with E-state index < -0.39 is 10.8 Å². The molecule has 1 N–H and O–H groups in total. The Morgan fingerprint density at radius 3 is 2.39 bits per heavy atom. The number of methoxy groups -OCH3 is 1. The summed E-state index contributed by atoms with van der Waals surface area (Å²) < 4.78 is 17.0. The van der Waals surface area contributed by atoms with Gasteiger partial charge < -0.3 is 15.0 Å². The number of guanidine groups is 1. The van der Waals surface area contributed by atoms with Gasteiger partial charge in [0.15, 0.2) is 5.96 Å². The number of hydrogen-bond acceptors (Lipinski definition) is 3. The predicted octanol–water partition coefficient (Wildman–Crippen LogP) is 2.25. The number of hydrogen-bond donors (Lipinski definition) is 1. The van der Waals surface area contributed by atoms with E-state index in [1.165, 1.54) is 5.56 Å². The van der Waals surface area contributed by atoms with Gasteiger partial charge in [-0.1, -0.05) is 12.1 Å². The molecule has 0 aliphatic heterocycles. The molecular weight excluding hydrogens is 310 g/mol. The number of ether oxygens (including phenoxy) is 1. The maximum atomic E-state index is 12.1. The summed E-state index contributed by atoms with van der Waals surface area (Å²) in [6, 6.07) is 7.98. The highest BCUT2D eigenvalue weighted by Crippen LogP contribution is 2.13. The molecule has 0 saturated carbocycles. The van der Waals surface area contributed by atoms with E-state index in [2.05, 4.69) is 10.3 Å². The lowest BCUT2D eigenvalue weighted by Crippen LogP contribution is -2.41. The monoisotopic (exact) mass is 339 g/mol. The fourth-order valence-corrected chi connectivity index (χ4v) is 2.93. The topological polar surface area (TPSA) is 53.9 Å². The molecule has 130 valence electrons. The lowest BCUT2D eigenvalue weighted by molar-refractivity contribution is 0.414. The molecule has 1 aromatic rings. The Labute approximate surface area is 142 Å². The van der Waals surface area contributed by atoms with Crippen LogP contribution in [0.25, 0.3) is 0 Å². The molecule has 0 spiro atoms. The molecule has 0 aliphatic rings. The van der Waals surface area contributed by atoms with E-state index in [1.54, 1.807) is 14.2 Å². The molecule has 1 atom stereocenters. The number of nitrogens with one attached hydrogen (secondary N) is 1. The maximum absolute atomic E-state index is 12.1. The van der Waals surface area contributed by atoms with Gasteiger partial charge in [-0.2, -0.15) is 0 Å². The summed E-state index contributed by atoms with van der Waals surface area (Å²) in [5.74, 6) is 2.26. The zero-order chi connectivity index (χ0) is 17.5. The molecule has 1 aromatic carbocycles. The van der Waals surface area contributed by atoms with Crippen molar-refractivity contribution in [1.29, 1.82) is 0 Å². The molecule has 0 bridgehead atoms. The Bertz CT molecular complexity index is 536. The van der Waals surface area contributed by atoms with E-state index in [0.29, 0.717) is 12.3 Å². The Balaban J connectivity index is 2.51. The normalized spacial score (nSPS) is 13.6. The van der Waals surface area contributed by atoms with Crippen LogP contribution in [0, 0.1) is 0 Å². The van der Waals surface area contributed by atoms with Crippen molar-refractivity contribution in [2.45, 2.75) is 32.1 Å². The summed E-state index contributed by atoms with van der Waals surface area (Å²) in [5, 5.41) is 3.27. The van der Waals surface area contributed by atoms with Gasteiger partial charge in [-0.3, -0.25) is 9.20 Å². The van der Waals surface area contributed by atoms with Crippen molar-refractivity contribution in [2.24, 2.45) is 4.99 Å². The van der Waals surface area contributed by atoms with Crippen LogP contribution in [0.3, 0.4) is 0 Å². The number of aliphatic imine (C=N–C) groups is 1.